The summed E-state index contributed by atoms with van der Waals surface area (Å²) in [5.74, 6) is 1.01. The maximum Gasteiger partial charge on any atom is 0.163 e. The second-order valence-corrected chi connectivity index (χ2v) is 7.84. The molecule has 1 aliphatic carbocycles. The Balaban J connectivity index is 1.70. The van der Waals surface area contributed by atoms with E-state index >= 15 is 0 Å². The van der Waals surface area contributed by atoms with E-state index in [4.69, 9.17) is 4.42 Å². The molecule has 146 valence electrons. The number of para-hydroxylation sites is 2. The molecule has 1 aromatic heterocycles. The summed E-state index contributed by atoms with van der Waals surface area (Å²) in [5, 5.41) is 3.58. The Morgan fingerprint density at radius 1 is 1.03 bits per heavy atom. The average Bonchev–Trinajstić information content (AvgIpc) is 3.21. The Labute approximate surface area is 170 Å². The molecule has 3 aromatic rings. The number of ketones is 1. The SMILES string of the molecule is Cc1ccc(CN2c3ccccc3NC3=C(C(=O)CCC3)C2c2ccco2)cc1. The van der Waals surface area contributed by atoms with Crippen LogP contribution in [0.5, 0.6) is 0 Å². The second kappa shape index (κ2) is 7.28. The number of rotatable bonds is 3. The minimum atomic E-state index is -0.245. The van der Waals surface area contributed by atoms with Crippen LogP contribution < -0.4 is 10.2 Å². The Hall–Kier alpha value is -3.27. The van der Waals surface area contributed by atoms with Gasteiger partial charge in [-0.15, -0.1) is 0 Å². The maximum absolute atomic E-state index is 13.1. The molecule has 0 amide bonds. The Morgan fingerprint density at radius 2 is 1.86 bits per heavy atom. The summed E-state index contributed by atoms with van der Waals surface area (Å²) in [7, 11) is 0. The summed E-state index contributed by atoms with van der Waals surface area (Å²) >= 11 is 0. The molecule has 0 saturated carbocycles. The van der Waals surface area contributed by atoms with E-state index in [-0.39, 0.29) is 11.8 Å². The van der Waals surface area contributed by atoms with E-state index in [1.807, 2.05) is 24.3 Å². The third-order valence-electron chi connectivity index (χ3n) is 5.83. The maximum atomic E-state index is 13.1. The zero-order chi connectivity index (χ0) is 19.8. The number of furan rings is 1. The molecule has 29 heavy (non-hydrogen) atoms. The van der Waals surface area contributed by atoms with Crippen molar-refractivity contribution in [2.75, 3.05) is 10.2 Å². The van der Waals surface area contributed by atoms with Gasteiger partial charge >= 0.3 is 0 Å². The van der Waals surface area contributed by atoms with Gasteiger partial charge in [0.15, 0.2) is 5.78 Å². The molecule has 5 rings (SSSR count). The van der Waals surface area contributed by atoms with Crippen LogP contribution in [0, 0.1) is 6.92 Å². The van der Waals surface area contributed by atoms with Crippen LogP contribution in [0.4, 0.5) is 11.4 Å². The average molecular weight is 384 g/mol. The molecule has 0 radical (unpaired) electrons. The summed E-state index contributed by atoms with van der Waals surface area (Å²) in [5.41, 5.74) is 6.43. The fraction of sp³-hybridized carbons (Fsp3) is 0.240. The third kappa shape index (κ3) is 3.25. The summed E-state index contributed by atoms with van der Waals surface area (Å²) in [6.07, 6.45) is 4.05. The van der Waals surface area contributed by atoms with Gasteiger partial charge in [0.05, 0.1) is 17.6 Å². The molecule has 1 N–H and O–H groups in total. The molecule has 1 unspecified atom stereocenters. The predicted octanol–water partition coefficient (Wildman–Crippen LogP) is 5.77. The number of hydrogen-bond donors (Lipinski definition) is 1. The fourth-order valence-electron chi connectivity index (χ4n) is 4.41. The lowest BCUT2D eigenvalue weighted by molar-refractivity contribution is -0.116. The topological polar surface area (TPSA) is 45.5 Å². The van der Waals surface area contributed by atoms with Crippen LogP contribution in [0.3, 0.4) is 0 Å². The molecule has 4 heteroatoms. The van der Waals surface area contributed by atoms with Crippen LogP contribution in [0.15, 0.2) is 82.6 Å². The lowest BCUT2D eigenvalue weighted by Crippen LogP contribution is -2.32. The van der Waals surface area contributed by atoms with Gasteiger partial charge in [-0.25, -0.2) is 0 Å². The lowest BCUT2D eigenvalue weighted by atomic mass is 9.88. The van der Waals surface area contributed by atoms with Gasteiger partial charge in [-0.3, -0.25) is 4.79 Å². The molecule has 0 spiro atoms. The number of hydrogen-bond acceptors (Lipinski definition) is 4. The van der Waals surface area contributed by atoms with Gasteiger partial charge in [0.1, 0.15) is 11.8 Å². The zero-order valence-corrected chi connectivity index (χ0v) is 16.5. The van der Waals surface area contributed by atoms with E-state index in [9.17, 15) is 4.79 Å². The molecule has 0 bridgehead atoms. The van der Waals surface area contributed by atoms with Crippen molar-refractivity contribution in [3.8, 4) is 0 Å². The number of nitrogens with zero attached hydrogens (tertiary/aromatic N) is 1. The van der Waals surface area contributed by atoms with Gasteiger partial charge in [0.2, 0.25) is 0 Å². The number of anilines is 2. The zero-order valence-electron chi connectivity index (χ0n) is 16.5. The largest absolute Gasteiger partial charge is 0.467 e. The molecule has 2 aromatic carbocycles. The smallest absolute Gasteiger partial charge is 0.163 e. The molecule has 2 heterocycles. The van der Waals surface area contributed by atoms with Crippen molar-refractivity contribution in [3.63, 3.8) is 0 Å². The van der Waals surface area contributed by atoms with Crippen molar-refractivity contribution in [3.05, 3.63) is 95.1 Å². The number of benzene rings is 2. The number of nitrogens with one attached hydrogen (secondary N) is 1. The van der Waals surface area contributed by atoms with Gasteiger partial charge in [0.25, 0.3) is 0 Å². The van der Waals surface area contributed by atoms with Gasteiger partial charge in [-0.2, -0.15) is 0 Å². The molecule has 0 saturated heterocycles. The lowest BCUT2D eigenvalue weighted by Gasteiger charge is -2.34. The van der Waals surface area contributed by atoms with Gasteiger partial charge in [-0.05, 0) is 49.6 Å². The van der Waals surface area contributed by atoms with Crippen molar-refractivity contribution >= 4 is 17.2 Å². The Bertz CT molecular complexity index is 1060. The first-order valence-corrected chi connectivity index (χ1v) is 10.2. The first-order chi connectivity index (χ1) is 14.2. The van der Waals surface area contributed by atoms with Crippen molar-refractivity contribution in [1.82, 2.24) is 0 Å². The number of allylic oxidation sites excluding steroid dienone is 1. The van der Waals surface area contributed by atoms with E-state index < -0.39 is 0 Å². The molecule has 4 nitrogen and oxygen atoms in total. The van der Waals surface area contributed by atoms with E-state index in [2.05, 4.69) is 53.5 Å². The van der Waals surface area contributed by atoms with Crippen LogP contribution in [0.1, 0.15) is 42.2 Å². The highest BCUT2D eigenvalue weighted by molar-refractivity contribution is 6.00. The highest BCUT2D eigenvalue weighted by Gasteiger charge is 2.38. The van der Waals surface area contributed by atoms with Crippen LogP contribution in [-0.4, -0.2) is 5.78 Å². The van der Waals surface area contributed by atoms with Crippen molar-refractivity contribution in [2.45, 2.75) is 38.8 Å². The second-order valence-electron chi connectivity index (χ2n) is 7.84. The highest BCUT2D eigenvalue weighted by Crippen LogP contribution is 2.45. The number of aryl methyl sites for hydroxylation is 1. The van der Waals surface area contributed by atoms with Crippen molar-refractivity contribution < 1.29 is 9.21 Å². The quantitative estimate of drug-likeness (QED) is 0.623. The van der Waals surface area contributed by atoms with Gasteiger partial charge in [-0.1, -0.05) is 42.0 Å². The number of fused-ring (bicyclic) bond motifs is 1. The first kappa shape index (κ1) is 17.8. The first-order valence-electron chi connectivity index (χ1n) is 10.2. The molecular formula is C25H24N2O2. The van der Waals surface area contributed by atoms with Gasteiger partial charge in [0, 0.05) is 24.2 Å². The summed E-state index contributed by atoms with van der Waals surface area (Å²) in [6.45, 7) is 2.78. The van der Waals surface area contributed by atoms with Crippen LogP contribution >= 0.6 is 0 Å². The fourth-order valence-corrected chi connectivity index (χ4v) is 4.41. The van der Waals surface area contributed by atoms with Gasteiger partial charge < -0.3 is 14.6 Å². The minimum Gasteiger partial charge on any atom is -0.467 e. The number of carbonyl (C=O) groups excluding carboxylic acids is 1. The molecule has 1 aliphatic heterocycles. The van der Waals surface area contributed by atoms with Crippen molar-refractivity contribution in [1.29, 1.82) is 0 Å². The normalized spacial score (nSPS) is 18.7. The Kier molecular flexibility index (Phi) is 4.47. The van der Waals surface area contributed by atoms with E-state index in [0.29, 0.717) is 13.0 Å². The Morgan fingerprint density at radius 3 is 2.66 bits per heavy atom. The summed E-state index contributed by atoms with van der Waals surface area (Å²) in [4.78, 5) is 15.4. The number of Topliss-reactive ketones (excluding diaryl/α,β-unsaturated/α-hetero) is 1. The molecular weight excluding hydrogens is 360 g/mol. The number of carbonyl (C=O) groups is 1. The van der Waals surface area contributed by atoms with Crippen LogP contribution in [-0.2, 0) is 11.3 Å². The summed E-state index contributed by atoms with van der Waals surface area (Å²) in [6, 6.07) is 20.5. The monoisotopic (exact) mass is 384 g/mol. The molecule has 1 atom stereocenters. The minimum absolute atomic E-state index is 0.210. The van der Waals surface area contributed by atoms with Crippen LogP contribution in [0.2, 0.25) is 0 Å². The predicted molar refractivity (Wildman–Crippen MR) is 115 cm³/mol. The van der Waals surface area contributed by atoms with E-state index in [1.54, 1.807) is 6.26 Å². The molecule has 0 fully saturated rings. The standard InChI is InChI=1S/C25H24N2O2/c1-17-11-13-18(14-12-17)16-27-21-8-3-2-6-19(21)26-20-7-4-9-22(28)24(20)25(27)23-10-5-15-29-23/h2-3,5-6,8,10-15,25-26H,4,7,9,16H2,1H3. The van der Waals surface area contributed by atoms with E-state index in [1.165, 1.54) is 11.1 Å². The van der Waals surface area contributed by atoms with Crippen LogP contribution in [0.25, 0.3) is 0 Å². The molecule has 2 aliphatic rings. The van der Waals surface area contributed by atoms with Crippen molar-refractivity contribution in [2.24, 2.45) is 0 Å². The summed E-state index contributed by atoms with van der Waals surface area (Å²) < 4.78 is 5.87. The van der Waals surface area contributed by atoms with E-state index in [0.717, 1.165) is 41.2 Å². The highest BCUT2D eigenvalue weighted by atomic mass is 16.3. The third-order valence-corrected chi connectivity index (χ3v) is 5.83.